The number of piperazine rings is 1. The minimum Gasteiger partial charge on any atom is -0.486 e. The summed E-state index contributed by atoms with van der Waals surface area (Å²) in [5, 5.41) is 2.89. The molecule has 0 aliphatic carbocycles. The van der Waals surface area contributed by atoms with Crippen LogP contribution in [0.4, 0.5) is 5.69 Å². The van der Waals surface area contributed by atoms with Crippen molar-refractivity contribution in [1.82, 2.24) is 9.21 Å². The maximum Gasteiger partial charge on any atom is 0.243 e. The molecule has 0 spiro atoms. The lowest BCUT2D eigenvalue weighted by molar-refractivity contribution is -0.117. The molecule has 2 aromatic rings. The van der Waals surface area contributed by atoms with E-state index < -0.39 is 10.0 Å². The maximum absolute atomic E-state index is 13.4. The van der Waals surface area contributed by atoms with Crippen LogP contribution in [0.1, 0.15) is 22.3 Å². The number of anilines is 1. The largest absolute Gasteiger partial charge is 0.486 e. The summed E-state index contributed by atoms with van der Waals surface area (Å²) in [6.07, 6.45) is 0. The fourth-order valence-electron chi connectivity index (χ4n) is 4.35. The van der Waals surface area contributed by atoms with Gasteiger partial charge in [0.2, 0.25) is 15.9 Å². The lowest BCUT2D eigenvalue weighted by Crippen LogP contribution is -2.50. The third-order valence-corrected chi connectivity index (χ3v) is 8.59. The van der Waals surface area contributed by atoms with Gasteiger partial charge in [-0.3, -0.25) is 9.69 Å². The zero-order valence-electron chi connectivity index (χ0n) is 19.6. The number of nitrogens with zero attached hydrogens (tertiary/aromatic N) is 2. The van der Waals surface area contributed by atoms with E-state index in [-0.39, 0.29) is 12.5 Å². The smallest absolute Gasteiger partial charge is 0.243 e. The molecule has 9 heteroatoms. The van der Waals surface area contributed by atoms with Gasteiger partial charge in [0.25, 0.3) is 0 Å². The second-order valence-corrected chi connectivity index (χ2v) is 10.6. The average Bonchev–Trinajstić information content (AvgIpc) is 2.78. The Hall–Kier alpha value is -2.62. The number of nitrogens with one attached hydrogen (secondary N) is 1. The van der Waals surface area contributed by atoms with Gasteiger partial charge in [0.15, 0.2) is 11.5 Å². The van der Waals surface area contributed by atoms with Crippen LogP contribution < -0.4 is 14.8 Å². The van der Waals surface area contributed by atoms with E-state index in [9.17, 15) is 13.2 Å². The standard InChI is InChI=1S/C24H31N3O5S/c1-16-13-17(2)19(4)24(18(16)3)33(29,30)27-9-7-26(8-10-27)15-23(28)25-20-5-6-21-22(14-20)32-12-11-31-21/h5-6,13-14H,7-12,15H2,1-4H3,(H,25,28). The van der Waals surface area contributed by atoms with Gasteiger partial charge in [0.1, 0.15) is 13.2 Å². The number of hydrogen-bond acceptors (Lipinski definition) is 6. The van der Waals surface area contributed by atoms with Crippen LogP contribution in [0.15, 0.2) is 29.2 Å². The van der Waals surface area contributed by atoms with E-state index in [1.54, 1.807) is 18.2 Å². The molecule has 33 heavy (non-hydrogen) atoms. The van der Waals surface area contributed by atoms with E-state index in [1.807, 2.05) is 38.7 Å². The molecule has 1 saturated heterocycles. The van der Waals surface area contributed by atoms with Gasteiger partial charge in [-0.05, 0) is 62.1 Å². The predicted octanol–water partition coefficient (Wildman–Crippen LogP) is 2.64. The Balaban J connectivity index is 1.37. The summed E-state index contributed by atoms with van der Waals surface area (Å²) in [6, 6.07) is 7.35. The number of benzene rings is 2. The number of aryl methyl sites for hydroxylation is 2. The molecule has 0 unspecified atom stereocenters. The molecule has 0 aromatic heterocycles. The van der Waals surface area contributed by atoms with Gasteiger partial charge in [-0.15, -0.1) is 0 Å². The lowest BCUT2D eigenvalue weighted by Gasteiger charge is -2.34. The summed E-state index contributed by atoms with van der Waals surface area (Å²) in [4.78, 5) is 15.0. The van der Waals surface area contributed by atoms with E-state index in [0.717, 1.165) is 22.3 Å². The number of hydrogen-bond donors (Lipinski definition) is 1. The minimum atomic E-state index is -3.60. The highest BCUT2D eigenvalue weighted by atomic mass is 32.2. The number of ether oxygens (including phenoxy) is 2. The maximum atomic E-state index is 13.4. The highest BCUT2D eigenvalue weighted by Gasteiger charge is 2.32. The van der Waals surface area contributed by atoms with Gasteiger partial charge in [0.05, 0.1) is 11.4 Å². The number of amides is 1. The summed E-state index contributed by atoms with van der Waals surface area (Å²) in [5.74, 6) is 1.14. The molecule has 8 nitrogen and oxygen atoms in total. The van der Waals surface area contributed by atoms with E-state index in [2.05, 4.69) is 5.32 Å². The topological polar surface area (TPSA) is 88.2 Å². The van der Waals surface area contributed by atoms with Crippen LogP contribution in [0.2, 0.25) is 0 Å². The molecule has 2 aliphatic heterocycles. The number of sulfonamides is 1. The first-order valence-corrected chi connectivity index (χ1v) is 12.6. The molecular weight excluding hydrogens is 442 g/mol. The van der Waals surface area contributed by atoms with Crippen molar-refractivity contribution in [3.05, 3.63) is 46.5 Å². The molecule has 178 valence electrons. The van der Waals surface area contributed by atoms with Gasteiger partial charge in [0, 0.05) is 37.9 Å². The minimum absolute atomic E-state index is 0.149. The van der Waals surface area contributed by atoms with Crippen molar-refractivity contribution in [3.8, 4) is 11.5 Å². The molecule has 1 N–H and O–H groups in total. The lowest BCUT2D eigenvalue weighted by atomic mass is 10.0. The zero-order valence-corrected chi connectivity index (χ0v) is 20.4. The monoisotopic (exact) mass is 473 g/mol. The molecule has 0 radical (unpaired) electrons. The van der Waals surface area contributed by atoms with Gasteiger partial charge in [-0.1, -0.05) is 6.07 Å². The highest BCUT2D eigenvalue weighted by molar-refractivity contribution is 7.89. The number of carbonyl (C=O) groups excluding carboxylic acids is 1. The molecule has 0 bridgehead atoms. The molecule has 0 saturated carbocycles. The summed E-state index contributed by atoms with van der Waals surface area (Å²) in [5.41, 5.74) is 4.21. The van der Waals surface area contributed by atoms with E-state index in [0.29, 0.717) is 61.5 Å². The number of rotatable bonds is 5. The highest BCUT2D eigenvalue weighted by Crippen LogP contribution is 2.33. The number of carbonyl (C=O) groups is 1. The fourth-order valence-corrected chi connectivity index (χ4v) is 6.35. The van der Waals surface area contributed by atoms with Gasteiger partial charge in [-0.2, -0.15) is 4.31 Å². The summed E-state index contributed by atoms with van der Waals surface area (Å²) in [6.45, 7) is 10.5. The zero-order chi connectivity index (χ0) is 23.8. The first kappa shape index (κ1) is 23.5. The quantitative estimate of drug-likeness (QED) is 0.718. The average molecular weight is 474 g/mol. The van der Waals surface area contributed by atoms with Crippen molar-refractivity contribution in [1.29, 1.82) is 0 Å². The molecule has 2 aromatic carbocycles. The first-order valence-electron chi connectivity index (χ1n) is 11.2. The Kier molecular flexibility index (Phi) is 6.65. The second kappa shape index (κ2) is 9.32. The van der Waals surface area contributed by atoms with Crippen molar-refractivity contribution in [3.63, 3.8) is 0 Å². The first-order chi connectivity index (χ1) is 15.7. The van der Waals surface area contributed by atoms with Crippen molar-refractivity contribution in [2.75, 3.05) is 51.3 Å². The Morgan fingerprint density at radius 3 is 2.15 bits per heavy atom. The molecule has 2 aliphatic rings. The molecule has 1 amide bonds. The molecule has 4 rings (SSSR count). The van der Waals surface area contributed by atoms with Crippen LogP contribution in [-0.4, -0.2) is 69.5 Å². The molecule has 1 fully saturated rings. The predicted molar refractivity (Wildman–Crippen MR) is 127 cm³/mol. The van der Waals surface area contributed by atoms with E-state index in [4.69, 9.17) is 9.47 Å². The van der Waals surface area contributed by atoms with Gasteiger partial charge >= 0.3 is 0 Å². The third kappa shape index (κ3) is 4.85. The molecular formula is C24H31N3O5S. The Morgan fingerprint density at radius 1 is 0.909 bits per heavy atom. The molecule has 2 heterocycles. The summed E-state index contributed by atoms with van der Waals surface area (Å²) >= 11 is 0. The summed E-state index contributed by atoms with van der Waals surface area (Å²) in [7, 11) is -3.60. The van der Waals surface area contributed by atoms with Crippen molar-refractivity contribution in [2.24, 2.45) is 0 Å². The number of fused-ring (bicyclic) bond motifs is 1. The Bertz CT molecular complexity index is 1140. The SMILES string of the molecule is Cc1cc(C)c(C)c(S(=O)(=O)N2CCN(CC(=O)Nc3ccc4c(c3)OCCO4)CC2)c1C. The van der Waals surface area contributed by atoms with Crippen LogP contribution in [0.25, 0.3) is 0 Å². The van der Waals surface area contributed by atoms with Crippen molar-refractivity contribution >= 4 is 21.6 Å². The van der Waals surface area contributed by atoms with E-state index in [1.165, 1.54) is 4.31 Å². The van der Waals surface area contributed by atoms with Crippen LogP contribution in [0.5, 0.6) is 11.5 Å². The second-order valence-electron chi connectivity index (χ2n) is 8.68. The van der Waals surface area contributed by atoms with Crippen LogP contribution in [0.3, 0.4) is 0 Å². The van der Waals surface area contributed by atoms with Crippen molar-refractivity contribution < 1.29 is 22.7 Å². The molecule has 0 atom stereocenters. The van der Waals surface area contributed by atoms with Crippen molar-refractivity contribution in [2.45, 2.75) is 32.6 Å². The Morgan fingerprint density at radius 2 is 1.52 bits per heavy atom. The third-order valence-electron chi connectivity index (χ3n) is 6.42. The Labute approximate surface area is 195 Å². The van der Waals surface area contributed by atoms with Crippen LogP contribution in [0, 0.1) is 27.7 Å². The van der Waals surface area contributed by atoms with E-state index >= 15 is 0 Å². The summed E-state index contributed by atoms with van der Waals surface area (Å²) < 4.78 is 39.5. The normalized spacial score (nSPS) is 17.1. The van der Waals surface area contributed by atoms with Crippen LogP contribution >= 0.6 is 0 Å². The van der Waals surface area contributed by atoms with Gasteiger partial charge in [-0.25, -0.2) is 8.42 Å². The fraction of sp³-hybridized carbons (Fsp3) is 0.458. The van der Waals surface area contributed by atoms with Crippen LogP contribution in [-0.2, 0) is 14.8 Å². The van der Waals surface area contributed by atoms with Gasteiger partial charge < -0.3 is 14.8 Å².